The van der Waals surface area contributed by atoms with Gasteiger partial charge in [0.1, 0.15) is 0 Å². The van der Waals surface area contributed by atoms with E-state index in [1.165, 1.54) is 44.9 Å². The van der Waals surface area contributed by atoms with Gasteiger partial charge in [0.2, 0.25) is 0 Å². The van der Waals surface area contributed by atoms with Crippen LogP contribution in [-0.4, -0.2) is 40.3 Å². The molecule has 5 nitrogen and oxygen atoms in total. The smallest absolute Gasteiger partial charge is 0.309 e. The van der Waals surface area contributed by atoms with Crippen LogP contribution in [0.4, 0.5) is 0 Å². The summed E-state index contributed by atoms with van der Waals surface area (Å²) in [5.74, 6) is -0.605. The molecule has 5 saturated carbocycles. The first-order valence-electron chi connectivity index (χ1n) is 18.4. The molecule has 1 saturated heterocycles. The summed E-state index contributed by atoms with van der Waals surface area (Å²) in [6.07, 6.45) is 19.3. The van der Waals surface area contributed by atoms with Gasteiger partial charge < -0.3 is 20.1 Å². The Kier molecular flexibility index (Phi) is 7.83. The van der Waals surface area contributed by atoms with Crippen LogP contribution >= 0.6 is 0 Å². The third kappa shape index (κ3) is 3.95. The lowest BCUT2D eigenvalue weighted by Crippen LogP contribution is -2.73. The molecule has 43 heavy (non-hydrogen) atoms. The Morgan fingerprint density at radius 1 is 0.814 bits per heavy atom. The van der Waals surface area contributed by atoms with Crippen molar-refractivity contribution in [3.8, 4) is 0 Å². The van der Waals surface area contributed by atoms with Crippen molar-refractivity contribution in [3.05, 3.63) is 0 Å². The average molecular weight is 601 g/mol. The van der Waals surface area contributed by atoms with E-state index in [2.05, 4.69) is 34.6 Å². The molecule has 0 aromatic carbocycles. The number of aliphatic carboxylic acids is 1. The second-order valence-electron chi connectivity index (χ2n) is 18.0. The SMILES string of the molecule is CCCCCCC12CCC3(C)C(CCC45COC(O)(CCC34CO)C5CCC)C1(C)CCC1(C)CCC(C)(C(=O)O)CC12. The topological polar surface area (TPSA) is 87.0 Å². The molecule has 0 amide bonds. The minimum atomic E-state index is -1.03. The molecule has 3 N–H and O–H groups in total. The second kappa shape index (κ2) is 10.4. The van der Waals surface area contributed by atoms with E-state index in [4.69, 9.17) is 4.74 Å². The van der Waals surface area contributed by atoms with E-state index in [-0.39, 0.29) is 45.0 Å². The zero-order valence-corrected chi connectivity index (χ0v) is 28.5. The average Bonchev–Trinajstić information content (AvgIpc) is 3.16. The molecule has 11 unspecified atom stereocenters. The molecule has 0 aromatic rings. The maximum atomic E-state index is 12.7. The van der Waals surface area contributed by atoms with Gasteiger partial charge in [0.05, 0.1) is 12.0 Å². The molecule has 6 fully saturated rings. The van der Waals surface area contributed by atoms with Gasteiger partial charge in [-0.25, -0.2) is 0 Å². The number of aliphatic hydroxyl groups excluding tert-OH is 1. The summed E-state index contributed by atoms with van der Waals surface area (Å²) in [6.45, 7) is 15.1. The lowest BCUT2D eigenvalue weighted by Gasteiger charge is -2.78. The fraction of sp³-hybridized carbons (Fsp3) is 0.974. The summed E-state index contributed by atoms with van der Waals surface area (Å²) in [7, 11) is 0. The van der Waals surface area contributed by atoms with Crippen LogP contribution in [0.5, 0.6) is 0 Å². The van der Waals surface area contributed by atoms with Crippen molar-refractivity contribution in [1.82, 2.24) is 0 Å². The number of hydrogen-bond acceptors (Lipinski definition) is 4. The fourth-order valence-electron chi connectivity index (χ4n) is 14.3. The Labute approximate surface area is 262 Å². The van der Waals surface area contributed by atoms with Gasteiger partial charge in [0.15, 0.2) is 5.79 Å². The third-order valence-electron chi connectivity index (χ3n) is 16.9. The molecule has 5 aliphatic carbocycles. The highest BCUT2D eigenvalue weighted by atomic mass is 16.6. The van der Waals surface area contributed by atoms with Crippen LogP contribution in [-0.2, 0) is 9.53 Å². The highest BCUT2D eigenvalue weighted by Gasteiger charge is 2.80. The van der Waals surface area contributed by atoms with E-state index in [0.29, 0.717) is 24.9 Å². The standard InChI is InChI=1S/C38H64O5/c1-7-9-10-11-14-35-21-20-34(6)27(33(35,5)19-18-31(3)16-17-32(4,30(40)41)24-29(31)35)13-15-36-26-43-38(42,28(36)12-8-2)23-22-37(34,36)25-39/h27-29,39,42H,7-26H2,1-6H3,(H,40,41). The van der Waals surface area contributed by atoms with Gasteiger partial charge in [-0.3, -0.25) is 4.79 Å². The van der Waals surface area contributed by atoms with Crippen LogP contribution in [0.25, 0.3) is 0 Å². The van der Waals surface area contributed by atoms with E-state index >= 15 is 0 Å². The van der Waals surface area contributed by atoms with E-state index in [0.717, 1.165) is 64.2 Å². The van der Waals surface area contributed by atoms with Gasteiger partial charge >= 0.3 is 5.97 Å². The first-order valence-corrected chi connectivity index (χ1v) is 18.4. The van der Waals surface area contributed by atoms with E-state index in [1.807, 2.05) is 6.92 Å². The van der Waals surface area contributed by atoms with Gasteiger partial charge in [0.25, 0.3) is 0 Å². The van der Waals surface area contributed by atoms with E-state index in [9.17, 15) is 20.1 Å². The van der Waals surface area contributed by atoms with Crippen molar-refractivity contribution >= 4 is 5.97 Å². The highest BCUT2D eigenvalue weighted by molar-refractivity contribution is 5.74. The van der Waals surface area contributed by atoms with Gasteiger partial charge in [-0.05, 0) is 117 Å². The number of ether oxygens (including phenoxy) is 1. The normalized spacial score (nSPS) is 53.8. The maximum Gasteiger partial charge on any atom is 0.309 e. The number of carboxylic acids is 1. The van der Waals surface area contributed by atoms with Crippen LogP contribution in [0.15, 0.2) is 0 Å². The number of unbranched alkanes of at least 4 members (excludes halogenated alkanes) is 3. The van der Waals surface area contributed by atoms with Crippen LogP contribution in [0.3, 0.4) is 0 Å². The first kappa shape index (κ1) is 32.3. The Balaban J connectivity index is 1.46. The number of carbonyl (C=O) groups is 1. The van der Waals surface area contributed by atoms with Crippen LogP contribution in [0, 0.1) is 55.7 Å². The van der Waals surface area contributed by atoms with Crippen molar-refractivity contribution in [2.75, 3.05) is 13.2 Å². The summed E-state index contributed by atoms with van der Waals surface area (Å²) in [5.41, 5.74) is -0.601. The molecular weight excluding hydrogens is 536 g/mol. The Hall–Kier alpha value is -0.650. The Morgan fingerprint density at radius 2 is 1.53 bits per heavy atom. The zero-order chi connectivity index (χ0) is 31.2. The highest BCUT2D eigenvalue weighted by Crippen LogP contribution is 2.83. The molecule has 6 rings (SSSR count). The van der Waals surface area contributed by atoms with Gasteiger partial charge in [-0.1, -0.05) is 66.7 Å². The van der Waals surface area contributed by atoms with Crippen molar-refractivity contribution in [1.29, 1.82) is 0 Å². The fourth-order valence-corrected chi connectivity index (χ4v) is 14.3. The molecule has 246 valence electrons. The molecular formula is C38H64O5. The largest absolute Gasteiger partial charge is 0.481 e. The summed E-state index contributed by atoms with van der Waals surface area (Å²) in [5, 5.41) is 33.9. The van der Waals surface area contributed by atoms with Gasteiger partial charge in [-0.2, -0.15) is 0 Å². The zero-order valence-electron chi connectivity index (χ0n) is 28.5. The molecule has 1 aliphatic heterocycles. The molecule has 1 spiro atoms. The van der Waals surface area contributed by atoms with E-state index < -0.39 is 17.2 Å². The maximum absolute atomic E-state index is 12.7. The summed E-state index contributed by atoms with van der Waals surface area (Å²) in [6, 6.07) is 0. The van der Waals surface area contributed by atoms with Crippen LogP contribution in [0.2, 0.25) is 0 Å². The van der Waals surface area contributed by atoms with Crippen molar-refractivity contribution in [2.24, 2.45) is 55.7 Å². The van der Waals surface area contributed by atoms with Crippen molar-refractivity contribution in [3.63, 3.8) is 0 Å². The lowest BCUT2D eigenvalue weighted by atomic mass is 9.26. The van der Waals surface area contributed by atoms with E-state index in [1.54, 1.807) is 0 Å². The summed E-state index contributed by atoms with van der Waals surface area (Å²) in [4.78, 5) is 12.7. The minimum absolute atomic E-state index is 0.0266. The minimum Gasteiger partial charge on any atom is -0.481 e. The number of carboxylic acid groups (broad SMARTS) is 1. The van der Waals surface area contributed by atoms with Gasteiger partial charge in [-0.15, -0.1) is 0 Å². The number of aliphatic hydroxyl groups is 2. The molecule has 0 radical (unpaired) electrons. The summed E-state index contributed by atoms with van der Waals surface area (Å²) < 4.78 is 6.39. The second-order valence-corrected chi connectivity index (χ2v) is 18.0. The van der Waals surface area contributed by atoms with Gasteiger partial charge in [0, 0.05) is 29.8 Å². The number of rotatable bonds is 9. The van der Waals surface area contributed by atoms with Crippen molar-refractivity contribution in [2.45, 2.75) is 163 Å². The molecule has 1 heterocycles. The molecule has 2 bridgehead atoms. The monoisotopic (exact) mass is 600 g/mol. The third-order valence-corrected chi connectivity index (χ3v) is 16.9. The first-order chi connectivity index (χ1) is 20.2. The quantitative estimate of drug-likeness (QED) is 0.230. The Morgan fingerprint density at radius 3 is 2.21 bits per heavy atom. The molecule has 0 aromatic heterocycles. The molecule has 11 atom stereocenters. The molecule has 5 heteroatoms. The lowest BCUT2D eigenvalue weighted by molar-refractivity contribution is -0.312. The summed E-state index contributed by atoms with van der Waals surface area (Å²) >= 11 is 0. The van der Waals surface area contributed by atoms with Crippen LogP contribution in [0.1, 0.15) is 157 Å². The van der Waals surface area contributed by atoms with Crippen LogP contribution < -0.4 is 0 Å². The number of hydrogen-bond donors (Lipinski definition) is 3. The van der Waals surface area contributed by atoms with Crippen molar-refractivity contribution < 1.29 is 24.9 Å². The predicted molar refractivity (Wildman–Crippen MR) is 170 cm³/mol. The predicted octanol–water partition coefficient (Wildman–Crippen LogP) is 8.74. The number of fused-ring (bicyclic) bond motifs is 7. The molecule has 6 aliphatic rings. The Bertz CT molecular complexity index is 1090.